The van der Waals surface area contributed by atoms with Gasteiger partial charge < -0.3 is 9.30 Å². The van der Waals surface area contributed by atoms with Crippen LogP contribution in [0, 0.1) is 6.92 Å². The topological polar surface area (TPSA) is 7.65 Å². The number of aromatic nitrogens is 1. The van der Waals surface area contributed by atoms with E-state index in [1.54, 1.807) is 0 Å². The first-order valence-electron chi connectivity index (χ1n) is 7.03. The number of aryl methyl sites for hydroxylation is 1. The zero-order valence-electron chi connectivity index (χ0n) is 11.8. The lowest BCUT2D eigenvalue weighted by Gasteiger charge is -2.19. The number of likely N-dealkylation sites (N-methyl/N-ethyl adjacent to an activating group) is 1. The van der Waals surface area contributed by atoms with E-state index >= 15 is 0 Å². The van der Waals surface area contributed by atoms with Gasteiger partial charge in [-0.1, -0.05) is 19.9 Å². The van der Waals surface area contributed by atoms with Crippen molar-refractivity contribution in [3.05, 3.63) is 41.7 Å². The van der Waals surface area contributed by atoms with E-state index in [2.05, 4.69) is 60.7 Å². The molecule has 0 saturated carbocycles. The van der Waals surface area contributed by atoms with E-state index in [0.29, 0.717) is 0 Å². The molecule has 2 rings (SSSR count). The third kappa shape index (κ3) is 2.94. The predicted molar refractivity (Wildman–Crippen MR) is 78.2 cm³/mol. The molecule has 2 heterocycles. The Bertz CT molecular complexity index is 499. The first-order valence-corrected chi connectivity index (χ1v) is 7.03. The normalized spacial score (nSPS) is 11.6. The van der Waals surface area contributed by atoms with Crippen LogP contribution >= 0.6 is 0 Å². The summed E-state index contributed by atoms with van der Waals surface area (Å²) in [6.07, 6.45) is 6.76. The first-order chi connectivity index (χ1) is 8.74. The van der Waals surface area contributed by atoms with Crippen LogP contribution in [0.2, 0.25) is 0 Å². The molecule has 0 radical (unpaired) electrons. The summed E-state index contributed by atoms with van der Waals surface area (Å²) < 4.78 is 2.24. The van der Waals surface area contributed by atoms with E-state index < -0.39 is 0 Å². The lowest BCUT2D eigenvalue weighted by molar-refractivity contribution is 0.293. The monoisotopic (exact) mass is 244 g/mol. The van der Waals surface area contributed by atoms with Crippen LogP contribution in [0.3, 0.4) is 0 Å². The first kappa shape index (κ1) is 13.2. The summed E-state index contributed by atoms with van der Waals surface area (Å²) in [6, 6.07) is 6.69. The molecule has 0 unspecified atom stereocenters. The highest BCUT2D eigenvalue weighted by Crippen LogP contribution is 2.15. The van der Waals surface area contributed by atoms with Crippen molar-refractivity contribution < 1.29 is 0 Å². The lowest BCUT2D eigenvalue weighted by Crippen LogP contribution is -2.26. The van der Waals surface area contributed by atoms with Gasteiger partial charge >= 0.3 is 0 Å². The highest BCUT2D eigenvalue weighted by molar-refractivity contribution is 5.56. The average Bonchev–Trinajstić information content (AvgIpc) is 2.76. The Morgan fingerprint density at radius 2 is 1.94 bits per heavy atom. The maximum absolute atomic E-state index is 2.53. The van der Waals surface area contributed by atoms with Crippen LogP contribution in [0.1, 0.15) is 31.4 Å². The van der Waals surface area contributed by atoms with Crippen LogP contribution in [0.5, 0.6) is 0 Å². The van der Waals surface area contributed by atoms with Gasteiger partial charge in [0.05, 0.1) is 0 Å². The van der Waals surface area contributed by atoms with Gasteiger partial charge in [-0.15, -0.1) is 0 Å². The van der Waals surface area contributed by atoms with E-state index in [0.717, 1.165) is 19.5 Å². The van der Waals surface area contributed by atoms with Crippen LogP contribution in [-0.4, -0.2) is 28.9 Å². The molecular formula is C16H24N2. The van der Waals surface area contributed by atoms with Gasteiger partial charge in [-0.2, -0.15) is 0 Å². The summed E-state index contributed by atoms with van der Waals surface area (Å²) in [6.45, 7) is 10.2. The molecule has 0 saturated heterocycles. The van der Waals surface area contributed by atoms with E-state index in [4.69, 9.17) is 0 Å². The van der Waals surface area contributed by atoms with Gasteiger partial charge in [0.15, 0.2) is 0 Å². The standard InChI is InChI=1S/C16H24N2/c1-4-10-17(5-2)11-8-15-9-12-18-13-14(3)6-7-16(15)18/h6-7,9,12-13H,4-5,8,10-11H2,1-3H3. The van der Waals surface area contributed by atoms with Crippen molar-refractivity contribution >= 4 is 5.52 Å². The molecule has 0 aromatic carbocycles. The number of rotatable bonds is 6. The Balaban J connectivity index is 2.07. The van der Waals surface area contributed by atoms with Crippen LogP contribution < -0.4 is 0 Å². The van der Waals surface area contributed by atoms with Crippen molar-refractivity contribution in [3.8, 4) is 0 Å². The number of pyridine rings is 1. The minimum absolute atomic E-state index is 1.15. The van der Waals surface area contributed by atoms with E-state index in [1.165, 1.54) is 29.6 Å². The smallest absolute Gasteiger partial charge is 0.0482 e. The Morgan fingerprint density at radius 1 is 1.11 bits per heavy atom. The van der Waals surface area contributed by atoms with Crippen molar-refractivity contribution in [3.63, 3.8) is 0 Å². The van der Waals surface area contributed by atoms with E-state index in [-0.39, 0.29) is 0 Å². The molecule has 0 aliphatic rings. The van der Waals surface area contributed by atoms with E-state index in [9.17, 15) is 0 Å². The van der Waals surface area contributed by atoms with Crippen molar-refractivity contribution in [2.45, 2.75) is 33.6 Å². The highest BCUT2D eigenvalue weighted by atomic mass is 15.1. The number of hydrogen-bond acceptors (Lipinski definition) is 1. The van der Waals surface area contributed by atoms with Crippen LogP contribution in [-0.2, 0) is 6.42 Å². The average molecular weight is 244 g/mol. The number of fused-ring (bicyclic) bond motifs is 1. The molecule has 2 nitrogen and oxygen atoms in total. The van der Waals surface area contributed by atoms with Crippen molar-refractivity contribution in [2.24, 2.45) is 0 Å². The second kappa shape index (κ2) is 6.05. The summed E-state index contributed by atoms with van der Waals surface area (Å²) in [5.41, 5.74) is 4.13. The fourth-order valence-electron chi connectivity index (χ4n) is 2.51. The quantitative estimate of drug-likeness (QED) is 0.754. The maximum Gasteiger partial charge on any atom is 0.0482 e. The molecule has 0 amide bonds. The minimum atomic E-state index is 1.15. The maximum atomic E-state index is 2.53. The molecule has 0 N–H and O–H groups in total. The summed E-state index contributed by atoms with van der Waals surface area (Å²) >= 11 is 0. The molecule has 0 fully saturated rings. The minimum Gasteiger partial charge on any atom is -0.323 e. The van der Waals surface area contributed by atoms with Gasteiger partial charge in [0.1, 0.15) is 0 Å². The second-order valence-electron chi connectivity index (χ2n) is 5.02. The van der Waals surface area contributed by atoms with Crippen molar-refractivity contribution in [2.75, 3.05) is 19.6 Å². The van der Waals surface area contributed by atoms with Gasteiger partial charge in [-0.25, -0.2) is 0 Å². The van der Waals surface area contributed by atoms with Crippen molar-refractivity contribution in [1.82, 2.24) is 9.30 Å². The third-order valence-electron chi connectivity index (χ3n) is 3.57. The molecule has 98 valence electrons. The largest absolute Gasteiger partial charge is 0.323 e. The summed E-state index contributed by atoms with van der Waals surface area (Å²) in [5.74, 6) is 0. The molecule has 0 bridgehead atoms. The number of nitrogens with zero attached hydrogens (tertiary/aromatic N) is 2. The molecule has 0 spiro atoms. The van der Waals surface area contributed by atoms with Crippen LogP contribution in [0.25, 0.3) is 5.52 Å². The molecule has 2 aromatic rings. The van der Waals surface area contributed by atoms with Gasteiger partial charge in [0.25, 0.3) is 0 Å². The summed E-state index contributed by atoms with van der Waals surface area (Å²) in [5, 5.41) is 0. The fourth-order valence-corrected chi connectivity index (χ4v) is 2.51. The van der Waals surface area contributed by atoms with Crippen LogP contribution in [0.4, 0.5) is 0 Å². The number of hydrogen-bond donors (Lipinski definition) is 0. The van der Waals surface area contributed by atoms with Gasteiger partial charge in [0.2, 0.25) is 0 Å². The Hall–Kier alpha value is -1.28. The zero-order valence-corrected chi connectivity index (χ0v) is 11.8. The Kier molecular flexibility index (Phi) is 4.43. The molecule has 0 aliphatic carbocycles. The SMILES string of the molecule is CCCN(CC)CCc1ccn2cc(C)ccc12. The summed E-state index contributed by atoms with van der Waals surface area (Å²) in [4.78, 5) is 2.53. The lowest BCUT2D eigenvalue weighted by atomic mass is 10.1. The molecular weight excluding hydrogens is 220 g/mol. The van der Waals surface area contributed by atoms with Gasteiger partial charge in [0, 0.05) is 24.5 Å². The molecule has 0 aliphatic heterocycles. The Labute approximate surface area is 110 Å². The van der Waals surface area contributed by atoms with Gasteiger partial charge in [-0.05, 0) is 56.1 Å². The predicted octanol–water partition coefficient (Wildman–Crippen LogP) is 3.52. The Morgan fingerprint density at radius 3 is 2.67 bits per heavy atom. The van der Waals surface area contributed by atoms with Crippen LogP contribution in [0.15, 0.2) is 30.6 Å². The molecule has 0 atom stereocenters. The second-order valence-corrected chi connectivity index (χ2v) is 5.02. The fraction of sp³-hybridized carbons (Fsp3) is 0.500. The van der Waals surface area contributed by atoms with E-state index in [1.807, 2.05) is 0 Å². The van der Waals surface area contributed by atoms with Gasteiger partial charge in [-0.3, -0.25) is 0 Å². The zero-order chi connectivity index (χ0) is 13.0. The molecule has 18 heavy (non-hydrogen) atoms. The third-order valence-corrected chi connectivity index (χ3v) is 3.57. The highest BCUT2D eigenvalue weighted by Gasteiger charge is 2.05. The molecule has 2 heteroatoms. The van der Waals surface area contributed by atoms with Crippen molar-refractivity contribution in [1.29, 1.82) is 0 Å². The molecule has 2 aromatic heterocycles. The summed E-state index contributed by atoms with van der Waals surface area (Å²) in [7, 11) is 0.